The standard InChI is InChI=1S/C18H30N6O/c1-14-21-22-16(23(14)2)12-20-17(19-11-15-5-3-10-25-15)24-9-8-18(13-24)6-4-7-18/h15H,3-13H2,1-2H3,(H,19,20). The van der Waals surface area contributed by atoms with E-state index in [1.54, 1.807) is 0 Å². The van der Waals surface area contributed by atoms with E-state index >= 15 is 0 Å². The Labute approximate surface area is 149 Å². The van der Waals surface area contributed by atoms with Crippen molar-refractivity contribution >= 4 is 5.96 Å². The molecule has 138 valence electrons. The number of hydrogen-bond acceptors (Lipinski definition) is 4. The van der Waals surface area contributed by atoms with E-state index in [4.69, 9.17) is 9.73 Å². The predicted molar refractivity (Wildman–Crippen MR) is 96.3 cm³/mol. The molecule has 1 unspecified atom stereocenters. The molecule has 7 nitrogen and oxygen atoms in total. The van der Waals surface area contributed by atoms with Crippen LogP contribution in [-0.2, 0) is 18.3 Å². The zero-order chi connectivity index (χ0) is 17.3. The molecule has 1 aliphatic carbocycles. The Kier molecular flexibility index (Phi) is 4.67. The number of hydrogen-bond donors (Lipinski definition) is 1. The third-order valence-corrected chi connectivity index (χ3v) is 6.22. The number of nitrogens with zero attached hydrogens (tertiary/aromatic N) is 5. The van der Waals surface area contributed by atoms with Crippen molar-refractivity contribution in [1.82, 2.24) is 25.0 Å². The quantitative estimate of drug-likeness (QED) is 0.663. The van der Waals surface area contributed by atoms with Crippen molar-refractivity contribution in [2.24, 2.45) is 17.5 Å². The van der Waals surface area contributed by atoms with Gasteiger partial charge in [0.1, 0.15) is 12.4 Å². The Morgan fingerprint density at radius 2 is 2.20 bits per heavy atom. The van der Waals surface area contributed by atoms with Crippen molar-refractivity contribution in [3.05, 3.63) is 11.6 Å². The van der Waals surface area contributed by atoms with Crippen molar-refractivity contribution in [2.45, 2.75) is 58.1 Å². The summed E-state index contributed by atoms with van der Waals surface area (Å²) in [7, 11) is 2.00. The van der Waals surface area contributed by atoms with Gasteiger partial charge in [-0.2, -0.15) is 0 Å². The predicted octanol–water partition coefficient (Wildman–Crippen LogP) is 1.62. The molecule has 0 radical (unpaired) electrons. The molecule has 3 aliphatic rings. The highest BCUT2D eigenvalue weighted by Crippen LogP contribution is 2.47. The van der Waals surface area contributed by atoms with Gasteiger partial charge in [-0.3, -0.25) is 0 Å². The third kappa shape index (κ3) is 3.52. The summed E-state index contributed by atoms with van der Waals surface area (Å²) >= 11 is 0. The Hall–Kier alpha value is -1.63. The Bertz CT molecular complexity index is 630. The SMILES string of the molecule is Cc1nnc(CN=C(NCC2CCCO2)N2CCC3(CCC3)C2)n1C. The van der Waals surface area contributed by atoms with E-state index in [1.165, 1.54) is 32.1 Å². The average Bonchev–Trinajstić information content (AvgIpc) is 3.30. The van der Waals surface area contributed by atoms with Crippen molar-refractivity contribution in [2.75, 3.05) is 26.2 Å². The van der Waals surface area contributed by atoms with E-state index in [0.29, 0.717) is 18.1 Å². The van der Waals surface area contributed by atoms with Gasteiger partial charge >= 0.3 is 0 Å². The van der Waals surface area contributed by atoms with Crippen LogP contribution >= 0.6 is 0 Å². The van der Waals surface area contributed by atoms with Gasteiger partial charge in [0.2, 0.25) is 0 Å². The molecule has 0 aromatic carbocycles. The molecule has 0 bridgehead atoms. The molecule has 1 atom stereocenters. The molecule has 3 fully saturated rings. The van der Waals surface area contributed by atoms with Gasteiger partial charge in [-0.15, -0.1) is 10.2 Å². The van der Waals surface area contributed by atoms with Gasteiger partial charge < -0.3 is 19.5 Å². The van der Waals surface area contributed by atoms with Gasteiger partial charge in [-0.05, 0) is 44.4 Å². The number of rotatable bonds is 4. The topological polar surface area (TPSA) is 67.6 Å². The van der Waals surface area contributed by atoms with Crippen LogP contribution in [-0.4, -0.2) is 58.0 Å². The molecule has 1 aromatic heterocycles. The molecule has 1 N–H and O–H groups in total. The maximum Gasteiger partial charge on any atom is 0.194 e. The van der Waals surface area contributed by atoms with Crippen LogP contribution in [0.15, 0.2) is 4.99 Å². The third-order valence-electron chi connectivity index (χ3n) is 6.22. The molecule has 25 heavy (non-hydrogen) atoms. The molecule has 1 spiro atoms. The maximum absolute atomic E-state index is 5.76. The Balaban J connectivity index is 1.44. The van der Waals surface area contributed by atoms with E-state index in [9.17, 15) is 0 Å². The highest BCUT2D eigenvalue weighted by Gasteiger charge is 2.43. The van der Waals surface area contributed by atoms with Crippen LogP contribution in [0.3, 0.4) is 0 Å². The average molecular weight is 346 g/mol. The van der Waals surface area contributed by atoms with Gasteiger partial charge in [0.05, 0.1) is 6.10 Å². The second kappa shape index (κ2) is 6.94. The van der Waals surface area contributed by atoms with Crippen molar-refractivity contribution in [3.8, 4) is 0 Å². The molecule has 4 rings (SSSR count). The molecule has 1 saturated carbocycles. The van der Waals surface area contributed by atoms with Gasteiger partial charge in [-0.1, -0.05) is 6.42 Å². The number of aryl methyl sites for hydroxylation is 1. The summed E-state index contributed by atoms with van der Waals surface area (Å²) in [6, 6.07) is 0. The van der Waals surface area contributed by atoms with E-state index in [-0.39, 0.29) is 0 Å². The summed E-state index contributed by atoms with van der Waals surface area (Å²) < 4.78 is 7.77. The molecule has 3 heterocycles. The smallest absolute Gasteiger partial charge is 0.194 e. The second-order valence-electron chi connectivity index (χ2n) is 7.90. The first kappa shape index (κ1) is 16.8. The normalized spacial score (nSPS) is 25.6. The van der Waals surface area contributed by atoms with Crippen LogP contribution in [0.4, 0.5) is 0 Å². The minimum absolute atomic E-state index is 0.322. The lowest BCUT2D eigenvalue weighted by atomic mass is 9.68. The summed E-state index contributed by atoms with van der Waals surface area (Å²) in [6.45, 7) is 6.52. The first-order valence-corrected chi connectivity index (χ1v) is 9.65. The fourth-order valence-corrected chi connectivity index (χ4v) is 4.21. The molecule has 7 heteroatoms. The Morgan fingerprint density at radius 1 is 1.32 bits per heavy atom. The summed E-state index contributed by atoms with van der Waals surface area (Å²) in [4.78, 5) is 7.33. The minimum Gasteiger partial charge on any atom is -0.376 e. The van der Waals surface area contributed by atoms with Crippen molar-refractivity contribution in [3.63, 3.8) is 0 Å². The van der Waals surface area contributed by atoms with Crippen molar-refractivity contribution < 1.29 is 4.74 Å². The highest BCUT2D eigenvalue weighted by molar-refractivity contribution is 5.80. The molecule has 0 amide bonds. The number of likely N-dealkylation sites (tertiary alicyclic amines) is 1. The summed E-state index contributed by atoms with van der Waals surface area (Å²) in [5.41, 5.74) is 0.563. The van der Waals surface area contributed by atoms with E-state index < -0.39 is 0 Å². The summed E-state index contributed by atoms with van der Waals surface area (Å²) in [6.07, 6.45) is 8.09. The fourth-order valence-electron chi connectivity index (χ4n) is 4.21. The summed E-state index contributed by atoms with van der Waals surface area (Å²) in [5, 5.41) is 12.0. The zero-order valence-electron chi connectivity index (χ0n) is 15.5. The largest absolute Gasteiger partial charge is 0.376 e. The summed E-state index contributed by atoms with van der Waals surface area (Å²) in [5.74, 6) is 2.85. The number of nitrogens with one attached hydrogen (secondary N) is 1. The van der Waals surface area contributed by atoms with E-state index in [2.05, 4.69) is 20.4 Å². The van der Waals surface area contributed by atoms with Crippen LogP contribution in [0.1, 0.15) is 50.2 Å². The van der Waals surface area contributed by atoms with Crippen LogP contribution < -0.4 is 5.32 Å². The monoisotopic (exact) mass is 346 g/mol. The maximum atomic E-state index is 5.76. The minimum atomic E-state index is 0.322. The molecule has 1 aromatic rings. The molecular weight excluding hydrogens is 316 g/mol. The van der Waals surface area contributed by atoms with Gasteiger partial charge in [0.15, 0.2) is 11.8 Å². The first-order chi connectivity index (χ1) is 12.2. The number of guanidine groups is 1. The Morgan fingerprint density at radius 3 is 2.80 bits per heavy atom. The van der Waals surface area contributed by atoms with Crippen molar-refractivity contribution in [1.29, 1.82) is 0 Å². The van der Waals surface area contributed by atoms with Gasteiger partial charge in [0.25, 0.3) is 0 Å². The lowest BCUT2D eigenvalue weighted by molar-refractivity contribution is 0.113. The van der Waals surface area contributed by atoms with E-state index in [1.807, 2.05) is 18.5 Å². The number of ether oxygens (including phenoxy) is 1. The molecule has 2 saturated heterocycles. The van der Waals surface area contributed by atoms with Crippen LogP contribution in [0.2, 0.25) is 0 Å². The second-order valence-corrected chi connectivity index (χ2v) is 7.90. The van der Waals surface area contributed by atoms with Crippen LogP contribution in [0, 0.1) is 12.3 Å². The van der Waals surface area contributed by atoms with Crippen LogP contribution in [0.5, 0.6) is 0 Å². The van der Waals surface area contributed by atoms with E-state index in [0.717, 1.165) is 50.3 Å². The zero-order valence-corrected chi connectivity index (χ0v) is 15.5. The van der Waals surface area contributed by atoms with Crippen LogP contribution in [0.25, 0.3) is 0 Å². The highest BCUT2D eigenvalue weighted by atomic mass is 16.5. The van der Waals surface area contributed by atoms with Gasteiger partial charge in [0, 0.05) is 33.3 Å². The lowest BCUT2D eigenvalue weighted by Crippen LogP contribution is -2.44. The number of aliphatic imine (C=N–C) groups is 1. The molecule has 2 aliphatic heterocycles. The number of aromatic nitrogens is 3. The first-order valence-electron chi connectivity index (χ1n) is 9.65. The lowest BCUT2D eigenvalue weighted by Gasteiger charge is -2.38. The van der Waals surface area contributed by atoms with Gasteiger partial charge in [-0.25, -0.2) is 4.99 Å². The molecular formula is C18H30N6O. The fraction of sp³-hybridized carbons (Fsp3) is 0.833.